The molecular formula is C23H22FNO3. The normalized spacial score (nSPS) is 10.4. The lowest BCUT2D eigenvalue weighted by Gasteiger charge is -2.20. The molecule has 0 spiro atoms. The molecule has 0 radical (unpaired) electrons. The highest BCUT2D eigenvalue weighted by atomic mass is 19.1. The Morgan fingerprint density at radius 3 is 2.29 bits per heavy atom. The van der Waals surface area contributed by atoms with Crippen molar-refractivity contribution in [1.29, 1.82) is 0 Å². The van der Waals surface area contributed by atoms with Crippen molar-refractivity contribution in [1.82, 2.24) is 4.90 Å². The van der Waals surface area contributed by atoms with Crippen molar-refractivity contribution in [3.8, 4) is 11.5 Å². The molecule has 0 bridgehead atoms. The lowest BCUT2D eigenvalue weighted by Crippen LogP contribution is -2.26. The fraction of sp³-hybridized carbons (Fsp3) is 0.174. The highest BCUT2D eigenvalue weighted by Gasteiger charge is 2.18. The van der Waals surface area contributed by atoms with Crippen LogP contribution in [0.15, 0.2) is 72.8 Å². The third-order valence-corrected chi connectivity index (χ3v) is 4.37. The molecule has 4 nitrogen and oxygen atoms in total. The van der Waals surface area contributed by atoms with Gasteiger partial charge in [0.1, 0.15) is 23.9 Å². The van der Waals surface area contributed by atoms with E-state index in [4.69, 9.17) is 9.47 Å². The number of ether oxygens (including phenoxy) is 2. The van der Waals surface area contributed by atoms with Crippen LogP contribution in [0.2, 0.25) is 0 Å². The van der Waals surface area contributed by atoms with Crippen LogP contribution < -0.4 is 9.47 Å². The Labute approximate surface area is 164 Å². The Balaban J connectivity index is 1.73. The molecule has 0 aliphatic carbocycles. The molecule has 0 saturated heterocycles. The molecule has 28 heavy (non-hydrogen) atoms. The van der Waals surface area contributed by atoms with Gasteiger partial charge in [0.2, 0.25) is 0 Å². The zero-order valence-electron chi connectivity index (χ0n) is 15.9. The van der Waals surface area contributed by atoms with Crippen molar-refractivity contribution in [2.45, 2.75) is 13.2 Å². The Morgan fingerprint density at radius 1 is 0.929 bits per heavy atom. The van der Waals surface area contributed by atoms with E-state index in [1.807, 2.05) is 30.3 Å². The summed E-state index contributed by atoms with van der Waals surface area (Å²) in [4.78, 5) is 14.6. The number of halogens is 1. The van der Waals surface area contributed by atoms with E-state index < -0.39 is 0 Å². The van der Waals surface area contributed by atoms with Crippen molar-refractivity contribution in [2.24, 2.45) is 0 Å². The number of methoxy groups -OCH3 is 1. The van der Waals surface area contributed by atoms with Crippen LogP contribution in [0.5, 0.6) is 11.5 Å². The number of rotatable bonds is 7. The van der Waals surface area contributed by atoms with Gasteiger partial charge in [-0.2, -0.15) is 0 Å². The van der Waals surface area contributed by atoms with Gasteiger partial charge in [0.25, 0.3) is 5.91 Å². The van der Waals surface area contributed by atoms with E-state index in [9.17, 15) is 9.18 Å². The number of nitrogens with zero attached hydrogens (tertiary/aromatic N) is 1. The zero-order valence-corrected chi connectivity index (χ0v) is 15.9. The van der Waals surface area contributed by atoms with Crippen molar-refractivity contribution >= 4 is 5.91 Å². The molecule has 1 amide bonds. The molecule has 3 aromatic rings. The lowest BCUT2D eigenvalue weighted by molar-refractivity contribution is 0.0779. The van der Waals surface area contributed by atoms with Gasteiger partial charge < -0.3 is 14.4 Å². The minimum Gasteiger partial charge on any atom is -0.496 e. The first kappa shape index (κ1) is 19.4. The second-order valence-electron chi connectivity index (χ2n) is 6.38. The average molecular weight is 379 g/mol. The van der Waals surface area contributed by atoms with Crippen molar-refractivity contribution in [3.63, 3.8) is 0 Å². The third kappa shape index (κ3) is 4.68. The van der Waals surface area contributed by atoms with Gasteiger partial charge in [-0.15, -0.1) is 0 Å². The van der Waals surface area contributed by atoms with E-state index in [-0.39, 0.29) is 18.3 Å². The quantitative estimate of drug-likeness (QED) is 0.598. The van der Waals surface area contributed by atoms with Crippen LogP contribution in [-0.4, -0.2) is 25.0 Å². The monoisotopic (exact) mass is 379 g/mol. The first-order chi connectivity index (χ1) is 13.6. The number of hydrogen-bond donors (Lipinski definition) is 0. The molecule has 0 heterocycles. The molecule has 3 rings (SSSR count). The van der Waals surface area contributed by atoms with Crippen LogP contribution in [0.4, 0.5) is 4.39 Å². The van der Waals surface area contributed by atoms with E-state index in [0.717, 1.165) is 16.9 Å². The predicted molar refractivity (Wildman–Crippen MR) is 106 cm³/mol. The standard InChI is InChI=1S/C23H22FNO3/c1-25(15-18-7-3-5-9-21(18)27-2)23(26)20-8-4-6-10-22(20)28-16-17-11-13-19(24)14-12-17/h3-14H,15-16H2,1-2H3. The maximum Gasteiger partial charge on any atom is 0.257 e. The van der Waals surface area contributed by atoms with E-state index >= 15 is 0 Å². The summed E-state index contributed by atoms with van der Waals surface area (Å²) in [6, 6.07) is 20.8. The molecule has 0 aliphatic heterocycles. The molecule has 0 aromatic heterocycles. The van der Waals surface area contributed by atoms with Gasteiger partial charge >= 0.3 is 0 Å². The van der Waals surface area contributed by atoms with Crippen LogP contribution in [0.1, 0.15) is 21.5 Å². The van der Waals surface area contributed by atoms with Gasteiger partial charge in [-0.05, 0) is 35.9 Å². The molecule has 0 fully saturated rings. The fourth-order valence-electron chi connectivity index (χ4n) is 2.88. The van der Waals surface area contributed by atoms with Crippen molar-refractivity contribution < 1.29 is 18.7 Å². The molecule has 144 valence electrons. The molecule has 0 N–H and O–H groups in total. The van der Waals surface area contributed by atoms with E-state index in [1.165, 1.54) is 12.1 Å². The SMILES string of the molecule is COc1ccccc1CN(C)C(=O)c1ccccc1OCc1ccc(F)cc1. The second-order valence-corrected chi connectivity index (χ2v) is 6.38. The molecule has 0 atom stereocenters. The number of hydrogen-bond acceptors (Lipinski definition) is 3. The highest BCUT2D eigenvalue weighted by Crippen LogP contribution is 2.24. The third-order valence-electron chi connectivity index (χ3n) is 4.37. The second kappa shape index (κ2) is 9.04. The number of amides is 1. The molecule has 0 saturated carbocycles. The summed E-state index contributed by atoms with van der Waals surface area (Å²) in [6.45, 7) is 0.663. The summed E-state index contributed by atoms with van der Waals surface area (Å²) in [5.41, 5.74) is 2.22. The number of carbonyl (C=O) groups excluding carboxylic acids is 1. The summed E-state index contributed by atoms with van der Waals surface area (Å²) >= 11 is 0. The Morgan fingerprint density at radius 2 is 1.57 bits per heavy atom. The first-order valence-electron chi connectivity index (χ1n) is 8.92. The Bertz CT molecular complexity index is 941. The summed E-state index contributed by atoms with van der Waals surface area (Å²) in [6.07, 6.45) is 0. The van der Waals surface area contributed by atoms with Crippen LogP contribution in [-0.2, 0) is 13.2 Å². The van der Waals surface area contributed by atoms with Crippen LogP contribution in [0, 0.1) is 5.82 Å². The average Bonchev–Trinajstić information content (AvgIpc) is 2.73. The Hall–Kier alpha value is -3.34. The van der Waals surface area contributed by atoms with Crippen molar-refractivity contribution in [3.05, 3.63) is 95.3 Å². The topological polar surface area (TPSA) is 38.8 Å². The van der Waals surface area contributed by atoms with Gasteiger partial charge in [0.15, 0.2) is 0 Å². The smallest absolute Gasteiger partial charge is 0.257 e. The summed E-state index contributed by atoms with van der Waals surface area (Å²) in [5.74, 6) is 0.782. The van der Waals surface area contributed by atoms with Gasteiger partial charge in [0.05, 0.1) is 12.7 Å². The first-order valence-corrected chi connectivity index (χ1v) is 8.92. The number of carbonyl (C=O) groups is 1. The van der Waals surface area contributed by atoms with Crippen LogP contribution in [0.3, 0.4) is 0 Å². The minimum absolute atomic E-state index is 0.152. The van der Waals surface area contributed by atoms with Gasteiger partial charge in [0, 0.05) is 19.2 Å². The van der Waals surface area contributed by atoms with Crippen LogP contribution >= 0.6 is 0 Å². The predicted octanol–water partition coefficient (Wildman–Crippen LogP) is 4.69. The lowest BCUT2D eigenvalue weighted by atomic mass is 10.1. The fourth-order valence-corrected chi connectivity index (χ4v) is 2.88. The maximum absolute atomic E-state index is 13.0. The molecule has 5 heteroatoms. The van der Waals surface area contributed by atoms with Gasteiger partial charge in [-0.25, -0.2) is 4.39 Å². The maximum atomic E-state index is 13.0. The molecule has 3 aromatic carbocycles. The van der Waals surface area contributed by atoms with E-state index in [2.05, 4.69) is 0 Å². The van der Waals surface area contributed by atoms with Gasteiger partial charge in [-0.3, -0.25) is 4.79 Å². The van der Waals surface area contributed by atoms with E-state index in [1.54, 1.807) is 49.4 Å². The van der Waals surface area contributed by atoms with Crippen LogP contribution in [0.25, 0.3) is 0 Å². The largest absolute Gasteiger partial charge is 0.496 e. The zero-order chi connectivity index (χ0) is 19.9. The molecule has 0 aliphatic rings. The minimum atomic E-state index is -0.294. The van der Waals surface area contributed by atoms with Gasteiger partial charge in [-0.1, -0.05) is 42.5 Å². The summed E-state index contributed by atoms with van der Waals surface area (Å²) in [7, 11) is 3.35. The van der Waals surface area contributed by atoms with E-state index in [0.29, 0.717) is 17.9 Å². The molecule has 0 unspecified atom stereocenters. The summed E-state index contributed by atoms with van der Waals surface area (Å²) in [5, 5.41) is 0. The number of benzene rings is 3. The summed E-state index contributed by atoms with van der Waals surface area (Å²) < 4.78 is 24.2. The molecular weight excluding hydrogens is 357 g/mol. The number of para-hydroxylation sites is 2. The highest BCUT2D eigenvalue weighted by molar-refractivity contribution is 5.96. The van der Waals surface area contributed by atoms with Crippen molar-refractivity contribution in [2.75, 3.05) is 14.2 Å². The Kier molecular flexibility index (Phi) is 6.27.